The van der Waals surface area contributed by atoms with Gasteiger partial charge >= 0.3 is 36.4 Å². The van der Waals surface area contributed by atoms with Crippen LogP contribution in [0.2, 0.25) is 0 Å². The number of nitrogens with one attached hydrogen (secondary N) is 1. The van der Waals surface area contributed by atoms with Crippen LogP contribution in [0.3, 0.4) is 0 Å². The largest absolute Gasteiger partial charge is 0.490 e. The highest BCUT2D eigenvalue weighted by molar-refractivity contribution is 5.73. The third-order valence-corrected chi connectivity index (χ3v) is 5.96. The van der Waals surface area contributed by atoms with Crippen LogP contribution in [0.4, 0.5) is 39.5 Å². The van der Waals surface area contributed by atoms with Crippen molar-refractivity contribution in [1.29, 1.82) is 0 Å². The minimum Gasteiger partial charge on any atom is -0.475 e. The van der Waals surface area contributed by atoms with Crippen molar-refractivity contribution in [3.63, 3.8) is 0 Å². The molecule has 4 aliphatic heterocycles. The zero-order valence-corrected chi connectivity index (χ0v) is 19.5. The molecule has 0 unspecified atom stereocenters. The molecule has 4 N–H and O–H groups in total. The number of hydrogen-bond donors (Lipinski definition) is 4. The Bertz CT molecular complexity index is 740. The van der Waals surface area contributed by atoms with E-state index >= 15 is 0 Å². The first kappa shape index (κ1) is 33.6. The lowest BCUT2D eigenvalue weighted by atomic mass is 9.73. The summed E-state index contributed by atoms with van der Waals surface area (Å²) >= 11 is 0. The molecule has 0 saturated carbocycles. The highest BCUT2D eigenvalue weighted by Gasteiger charge is 2.49. The Morgan fingerprint density at radius 3 is 1.24 bits per heavy atom. The maximum absolute atomic E-state index is 10.6. The molecule has 0 atom stereocenters. The van der Waals surface area contributed by atoms with Gasteiger partial charge < -0.3 is 25.4 Å². The average Bonchev–Trinajstić information content (AvgIpc) is 2.65. The molecule has 1 spiro atoms. The van der Waals surface area contributed by atoms with E-state index in [0.29, 0.717) is 5.41 Å². The Labute approximate surface area is 209 Å². The summed E-state index contributed by atoms with van der Waals surface area (Å²) in [6, 6.07) is 1.62. The number of rotatable bonds is 2. The van der Waals surface area contributed by atoms with Gasteiger partial charge in [0.25, 0.3) is 0 Å². The van der Waals surface area contributed by atoms with Gasteiger partial charge in [0.1, 0.15) is 0 Å². The van der Waals surface area contributed by atoms with Crippen molar-refractivity contribution in [3.8, 4) is 0 Å². The van der Waals surface area contributed by atoms with Gasteiger partial charge in [0.15, 0.2) is 0 Å². The molecule has 0 radical (unpaired) electrons. The molecule has 4 heterocycles. The first-order valence-electron chi connectivity index (χ1n) is 10.8. The number of likely N-dealkylation sites (tertiary alicyclic amines) is 2. The fourth-order valence-corrected chi connectivity index (χ4v) is 3.83. The lowest BCUT2D eigenvalue weighted by Crippen LogP contribution is -2.73. The number of carbonyl (C=O) groups is 3. The Morgan fingerprint density at radius 1 is 0.684 bits per heavy atom. The molecule has 0 aromatic carbocycles. The molecule has 0 aliphatic carbocycles. The van der Waals surface area contributed by atoms with Crippen LogP contribution in [-0.4, -0.2) is 126 Å². The number of carboxylic acid groups (broad SMARTS) is 3. The average molecular weight is 579 g/mol. The minimum absolute atomic E-state index is 0.693. The molecule has 0 aromatic heterocycles. The maximum Gasteiger partial charge on any atom is 0.490 e. The van der Waals surface area contributed by atoms with Crippen LogP contribution in [0.1, 0.15) is 12.8 Å². The van der Waals surface area contributed by atoms with Gasteiger partial charge in [0.05, 0.1) is 19.3 Å². The summed E-state index contributed by atoms with van der Waals surface area (Å²) in [4.78, 5) is 32.1. The summed E-state index contributed by atoms with van der Waals surface area (Å²) in [6.45, 7) is 9.78. The van der Waals surface area contributed by atoms with Crippen molar-refractivity contribution >= 4 is 17.9 Å². The van der Waals surface area contributed by atoms with E-state index in [9.17, 15) is 39.5 Å². The van der Waals surface area contributed by atoms with Gasteiger partial charge in [-0.1, -0.05) is 0 Å². The third kappa shape index (κ3) is 10.8. The molecule has 19 heteroatoms. The van der Waals surface area contributed by atoms with E-state index in [1.807, 2.05) is 0 Å². The molecule has 4 aliphatic rings. The maximum atomic E-state index is 10.6. The molecule has 0 amide bonds. The zero-order chi connectivity index (χ0) is 29.5. The third-order valence-electron chi connectivity index (χ3n) is 5.96. The van der Waals surface area contributed by atoms with E-state index in [2.05, 4.69) is 15.1 Å². The van der Waals surface area contributed by atoms with Gasteiger partial charge in [-0.15, -0.1) is 0 Å². The Morgan fingerprint density at radius 2 is 1.03 bits per heavy atom. The molecule has 4 fully saturated rings. The number of hydrogen-bond acceptors (Lipinski definition) is 7. The summed E-state index contributed by atoms with van der Waals surface area (Å²) in [7, 11) is 0. The monoisotopic (exact) mass is 579 g/mol. The number of piperidine rings is 1. The molecule has 0 bridgehead atoms. The Hall–Kier alpha value is -2.38. The van der Waals surface area contributed by atoms with Gasteiger partial charge in [-0.25, -0.2) is 14.4 Å². The van der Waals surface area contributed by atoms with E-state index in [1.54, 1.807) is 0 Å². The van der Waals surface area contributed by atoms with Crippen molar-refractivity contribution in [2.24, 2.45) is 5.41 Å². The second-order valence-corrected chi connectivity index (χ2v) is 8.88. The van der Waals surface area contributed by atoms with Gasteiger partial charge in [-0.3, -0.25) is 9.80 Å². The van der Waals surface area contributed by atoms with Crippen molar-refractivity contribution in [3.05, 3.63) is 0 Å². The van der Waals surface area contributed by atoms with Crippen molar-refractivity contribution in [2.75, 3.05) is 52.5 Å². The topological polar surface area (TPSA) is 140 Å². The summed E-state index contributed by atoms with van der Waals surface area (Å²) in [5.74, 6) is -8.27. The second kappa shape index (κ2) is 13.1. The van der Waals surface area contributed by atoms with Gasteiger partial charge in [0, 0.05) is 50.7 Å². The lowest BCUT2D eigenvalue weighted by molar-refractivity contribution is -0.193. The fourth-order valence-electron chi connectivity index (χ4n) is 3.83. The second-order valence-electron chi connectivity index (χ2n) is 8.88. The highest BCUT2D eigenvalue weighted by atomic mass is 19.4. The number of nitrogens with zero attached hydrogens (tertiary/aromatic N) is 2. The van der Waals surface area contributed by atoms with E-state index in [1.165, 1.54) is 52.1 Å². The normalized spacial score (nSPS) is 22.0. The van der Waals surface area contributed by atoms with Crippen LogP contribution in [0.5, 0.6) is 0 Å². The highest BCUT2D eigenvalue weighted by Crippen LogP contribution is 2.37. The van der Waals surface area contributed by atoms with Gasteiger partial charge in [0.2, 0.25) is 0 Å². The van der Waals surface area contributed by atoms with Crippen molar-refractivity contribution < 1.29 is 74.0 Å². The van der Waals surface area contributed by atoms with E-state index in [0.717, 1.165) is 25.3 Å². The summed E-state index contributed by atoms with van der Waals surface area (Å²) in [6.07, 6.45) is -12.5. The smallest absolute Gasteiger partial charge is 0.475 e. The van der Waals surface area contributed by atoms with E-state index in [4.69, 9.17) is 34.4 Å². The van der Waals surface area contributed by atoms with Crippen LogP contribution in [0.15, 0.2) is 0 Å². The molecule has 38 heavy (non-hydrogen) atoms. The van der Waals surface area contributed by atoms with E-state index in [-0.39, 0.29) is 0 Å². The molecule has 0 aromatic rings. The van der Waals surface area contributed by atoms with Crippen LogP contribution in [0, 0.1) is 5.41 Å². The first-order chi connectivity index (χ1) is 17.2. The Balaban J connectivity index is 0.000000291. The number of carboxylic acids is 3. The van der Waals surface area contributed by atoms with Gasteiger partial charge in [-0.05, 0) is 12.8 Å². The molecular formula is C19H26F9N3O7. The van der Waals surface area contributed by atoms with Crippen LogP contribution in [-0.2, 0) is 19.1 Å². The number of aliphatic carboxylic acids is 3. The fraction of sp³-hybridized carbons (Fsp3) is 0.842. The quantitative estimate of drug-likeness (QED) is 0.357. The Kier molecular flexibility index (Phi) is 11.6. The van der Waals surface area contributed by atoms with E-state index < -0.39 is 36.4 Å². The standard InChI is InChI=1S/C13H23N3O.3C2HF3O2/c1-3-15(12-5-17-6-12)4-2-11(1)16-9-13(10-16)7-14-8-13;3*3-2(4,5)1(6)7/h11-12,14H,1-10H2;3*(H,6,7). The van der Waals surface area contributed by atoms with Crippen LogP contribution >= 0.6 is 0 Å². The SMILES string of the molecule is C1CN(C2COC2)CCC1N1CC2(CNC2)C1.O=C(O)C(F)(F)F.O=C(O)C(F)(F)F.O=C(O)C(F)(F)F. The predicted octanol–water partition coefficient (Wildman–Crippen LogP) is 1.65. The van der Waals surface area contributed by atoms with Gasteiger partial charge in [-0.2, -0.15) is 39.5 Å². The van der Waals surface area contributed by atoms with Crippen LogP contribution in [0.25, 0.3) is 0 Å². The molecule has 4 rings (SSSR count). The first-order valence-corrected chi connectivity index (χ1v) is 10.8. The molecule has 10 nitrogen and oxygen atoms in total. The molecule has 4 saturated heterocycles. The lowest BCUT2D eigenvalue weighted by Gasteiger charge is -2.59. The van der Waals surface area contributed by atoms with Crippen LogP contribution < -0.4 is 5.32 Å². The molecular weight excluding hydrogens is 553 g/mol. The van der Waals surface area contributed by atoms with Crippen molar-refractivity contribution in [2.45, 2.75) is 43.5 Å². The summed E-state index contributed by atoms with van der Waals surface area (Å²) in [5, 5.41) is 24.8. The number of ether oxygens (including phenoxy) is 1. The summed E-state index contributed by atoms with van der Waals surface area (Å²) in [5.41, 5.74) is 0.693. The minimum atomic E-state index is -5.08. The number of halogens is 9. The number of alkyl halides is 9. The summed E-state index contributed by atoms with van der Waals surface area (Å²) < 4.78 is 100. The zero-order valence-electron chi connectivity index (χ0n) is 19.5. The molecule has 222 valence electrons. The van der Waals surface area contributed by atoms with Crippen molar-refractivity contribution in [1.82, 2.24) is 15.1 Å². The predicted molar refractivity (Wildman–Crippen MR) is 107 cm³/mol.